The van der Waals surface area contributed by atoms with E-state index in [2.05, 4.69) is 20.4 Å². The number of rotatable bonds is 12. The molecule has 0 aromatic heterocycles. The summed E-state index contributed by atoms with van der Waals surface area (Å²) >= 11 is 0. The number of hydrogen-bond donors (Lipinski definition) is 2. The molecule has 0 atom stereocenters. The fraction of sp³-hybridized carbons (Fsp3) is 0.611. The second-order valence-electron chi connectivity index (χ2n) is 5.27. The van der Waals surface area contributed by atoms with Crippen molar-refractivity contribution < 1.29 is 23.0 Å². The largest absolute Gasteiger partial charge is 0.490 e. The summed E-state index contributed by atoms with van der Waals surface area (Å²) in [6.07, 6.45) is 0.881. The van der Waals surface area contributed by atoms with Gasteiger partial charge in [0.05, 0.1) is 13.2 Å². The van der Waals surface area contributed by atoms with Gasteiger partial charge in [-0.3, -0.25) is 0 Å². The molecule has 0 unspecified atom stereocenters. The summed E-state index contributed by atoms with van der Waals surface area (Å²) in [5.41, 5.74) is 0.835. The maximum atomic E-state index is 12.5. The van der Waals surface area contributed by atoms with Crippen LogP contribution in [-0.4, -0.2) is 45.5 Å². The number of ether oxygens (including phenoxy) is 3. The molecule has 1 rings (SSSR count). The Hall–Kier alpha value is -1.36. The lowest BCUT2D eigenvalue weighted by molar-refractivity contribution is -0.0514. The maximum absolute atomic E-state index is 12.5. The van der Waals surface area contributed by atoms with Crippen LogP contribution in [0.4, 0.5) is 8.78 Å². The molecule has 0 aliphatic carbocycles. The first kappa shape index (κ1) is 25.6. The zero-order valence-electron chi connectivity index (χ0n) is 16.1. The van der Waals surface area contributed by atoms with Gasteiger partial charge >= 0.3 is 6.61 Å². The Morgan fingerprint density at radius 1 is 1.11 bits per heavy atom. The Morgan fingerprint density at radius 3 is 2.52 bits per heavy atom. The number of halogens is 3. The highest BCUT2D eigenvalue weighted by molar-refractivity contribution is 14.0. The van der Waals surface area contributed by atoms with Gasteiger partial charge in [0.25, 0.3) is 0 Å². The molecule has 1 aromatic carbocycles. The van der Waals surface area contributed by atoms with Gasteiger partial charge in [-0.25, -0.2) is 4.99 Å². The number of alkyl halides is 2. The van der Waals surface area contributed by atoms with Crippen LogP contribution in [0.25, 0.3) is 0 Å². The molecule has 0 saturated carbocycles. The number of benzene rings is 1. The van der Waals surface area contributed by atoms with E-state index in [1.54, 1.807) is 19.1 Å². The van der Waals surface area contributed by atoms with Crippen LogP contribution < -0.4 is 20.1 Å². The smallest absolute Gasteiger partial charge is 0.387 e. The third-order valence-corrected chi connectivity index (χ3v) is 3.25. The molecular weight excluding hydrogens is 471 g/mol. The molecule has 156 valence electrons. The molecule has 0 aliphatic heterocycles. The maximum Gasteiger partial charge on any atom is 0.387 e. The lowest BCUT2D eigenvalue weighted by atomic mass is 10.2. The summed E-state index contributed by atoms with van der Waals surface area (Å²) in [4.78, 5) is 4.50. The van der Waals surface area contributed by atoms with Crippen molar-refractivity contribution in [2.24, 2.45) is 4.99 Å². The number of hydrogen-bond acceptors (Lipinski definition) is 4. The zero-order chi connectivity index (χ0) is 19.2. The predicted octanol–water partition coefficient (Wildman–Crippen LogP) is 3.79. The van der Waals surface area contributed by atoms with Gasteiger partial charge in [0.1, 0.15) is 0 Å². The second kappa shape index (κ2) is 15.7. The van der Waals surface area contributed by atoms with E-state index in [0.29, 0.717) is 32.3 Å². The van der Waals surface area contributed by atoms with Gasteiger partial charge in [0, 0.05) is 26.3 Å². The number of nitrogens with one attached hydrogen (secondary N) is 2. The Labute approximate surface area is 177 Å². The van der Waals surface area contributed by atoms with Gasteiger partial charge in [0.15, 0.2) is 17.5 Å². The first-order valence-electron chi connectivity index (χ1n) is 8.91. The van der Waals surface area contributed by atoms with Crippen molar-refractivity contribution >= 4 is 29.9 Å². The fourth-order valence-electron chi connectivity index (χ4n) is 2.15. The molecule has 0 saturated heterocycles. The summed E-state index contributed by atoms with van der Waals surface area (Å²) in [5.74, 6) is 1.00. The van der Waals surface area contributed by atoms with E-state index in [1.165, 1.54) is 6.07 Å². The molecule has 0 heterocycles. The van der Waals surface area contributed by atoms with Crippen molar-refractivity contribution in [3.05, 3.63) is 23.8 Å². The van der Waals surface area contributed by atoms with Crippen LogP contribution >= 0.6 is 24.0 Å². The Morgan fingerprint density at radius 2 is 1.89 bits per heavy atom. The minimum atomic E-state index is -2.89. The lowest BCUT2D eigenvalue weighted by Gasteiger charge is -2.13. The first-order chi connectivity index (χ1) is 12.6. The van der Waals surface area contributed by atoms with E-state index in [-0.39, 0.29) is 35.5 Å². The number of guanidine groups is 1. The molecule has 0 aliphatic rings. The van der Waals surface area contributed by atoms with Gasteiger partial charge < -0.3 is 24.8 Å². The average Bonchev–Trinajstić information content (AvgIpc) is 2.61. The van der Waals surface area contributed by atoms with Gasteiger partial charge in [-0.15, -0.1) is 24.0 Å². The normalized spacial score (nSPS) is 11.1. The van der Waals surface area contributed by atoms with Gasteiger partial charge in [-0.1, -0.05) is 6.07 Å². The molecule has 1 aromatic rings. The molecule has 9 heteroatoms. The second-order valence-corrected chi connectivity index (χ2v) is 5.27. The van der Waals surface area contributed by atoms with Crippen molar-refractivity contribution in [1.29, 1.82) is 0 Å². The summed E-state index contributed by atoms with van der Waals surface area (Å²) < 4.78 is 40.1. The highest BCUT2D eigenvalue weighted by atomic mass is 127. The summed E-state index contributed by atoms with van der Waals surface area (Å²) in [6, 6.07) is 4.84. The van der Waals surface area contributed by atoms with Crippen LogP contribution in [0.3, 0.4) is 0 Å². The highest BCUT2D eigenvalue weighted by Crippen LogP contribution is 2.30. The van der Waals surface area contributed by atoms with Crippen molar-refractivity contribution in [1.82, 2.24) is 10.6 Å². The first-order valence-corrected chi connectivity index (χ1v) is 8.91. The minimum absolute atomic E-state index is 0. The summed E-state index contributed by atoms with van der Waals surface area (Å²) in [7, 11) is 0. The lowest BCUT2D eigenvalue weighted by Crippen LogP contribution is -2.38. The standard InChI is InChI=1S/C18H29F2N3O3.HI/c1-4-21-18(22-10-7-11-24-5-2)23-13-14-8-9-15(26-17(19)20)16(12-14)25-6-3;/h8-9,12,17H,4-7,10-11,13H2,1-3H3,(H2,21,22,23);1H. The Balaban J connectivity index is 0.00000676. The van der Waals surface area contributed by atoms with E-state index in [1.807, 2.05) is 13.8 Å². The molecule has 2 N–H and O–H groups in total. The molecule has 0 fully saturated rings. The number of nitrogens with zero attached hydrogens (tertiary/aromatic N) is 1. The van der Waals surface area contributed by atoms with E-state index in [0.717, 1.165) is 25.1 Å². The quantitative estimate of drug-likeness (QED) is 0.198. The van der Waals surface area contributed by atoms with Crippen molar-refractivity contribution in [2.45, 2.75) is 40.3 Å². The van der Waals surface area contributed by atoms with Crippen molar-refractivity contribution in [3.8, 4) is 11.5 Å². The summed E-state index contributed by atoms with van der Waals surface area (Å²) in [5, 5.41) is 6.39. The van der Waals surface area contributed by atoms with Gasteiger partial charge in [0.2, 0.25) is 0 Å². The average molecular weight is 501 g/mol. The van der Waals surface area contributed by atoms with Crippen LogP contribution in [-0.2, 0) is 11.3 Å². The minimum Gasteiger partial charge on any atom is -0.490 e. The monoisotopic (exact) mass is 501 g/mol. The Kier molecular flexibility index (Phi) is 14.9. The van der Waals surface area contributed by atoms with Gasteiger partial charge in [-0.05, 0) is 44.9 Å². The van der Waals surface area contributed by atoms with E-state index < -0.39 is 6.61 Å². The third-order valence-electron chi connectivity index (χ3n) is 3.25. The molecule has 6 nitrogen and oxygen atoms in total. The summed E-state index contributed by atoms with van der Waals surface area (Å²) in [6.45, 7) is 6.49. The van der Waals surface area contributed by atoms with E-state index in [9.17, 15) is 8.78 Å². The molecule has 0 amide bonds. The van der Waals surface area contributed by atoms with Crippen LogP contribution in [0.15, 0.2) is 23.2 Å². The van der Waals surface area contributed by atoms with Crippen LogP contribution in [0.2, 0.25) is 0 Å². The predicted molar refractivity (Wildman–Crippen MR) is 114 cm³/mol. The molecule has 27 heavy (non-hydrogen) atoms. The third kappa shape index (κ3) is 11.2. The molecule has 0 radical (unpaired) electrons. The molecular formula is C18H30F2IN3O3. The fourth-order valence-corrected chi connectivity index (χ4v) is 2.15. The highest BCUT2D eigenvalue weighted by Gasteiger charge is 2.11. The van der Waals surface area contributed by atoms with Gasteiger partial charge in [-0.2, -0.15) is 8.78 Å². The molecule has 0 bridgehead atoms. The number of aliphatic imine (C=N–C) groups is 1. The Bertz CT molecular complexity index is 549. The van der Waals surface area contributed by atoms with Crippen LogP contribution in [0, 0.1) is 0 Å². The van der Waals surface area contributed by atoms with Crippen LogP contribution in [0.1, 0.15) is 32.8 Å². The molecule has 0 spiro atoms. The zero-order valence-corrected chi connectivity index (χ0v) is 18.4. The van der Waals surface area contributed by atoms with E-state index >= 15 is 0 Å². The van der Waals surface area contributed by atoms with Crippen molar-refractivity contribution in [3.63, 3.8) is 0 Å². The van der Waals surface area contributed by atoms with E-state index in [4.69, 9.17) is 9.47 Å². The van der Waals surface area contributed by atoms with Crippen molar-refractivity contribution in [2.75, 3.05) is 32.9 Å². The topological polar surface area (TPSA) is 64.1 Å². The SMILES string of the molecule is CCNC(=NCc1ccc(OC(F)F)c(OCC)c1)NCCCOCC.I. The van der Waals surface area contributed by atoms with Crippen LogP contribution in [0.5, 0.6) is 11.5 Å².